The Morgan fingerprint density at radius 1 is 1.38 bits per heavy atom. The third kappa shape index (κ3) is 2.18. The monoisotopic (exact) mass is 263 g/mol. The Balaban J connectivity index is 3.49. The van der Waals surface area contributed by atoms with Crippen molar-refractivity contribution in [3.63, 3.8) is 0 Å². The summed E-state index contributed by atoms with van der Waals surface area (Å²) in [5.74, 6) is -1.26. The van der Waals surface area contributed by atoms with E-state index in [2.05, 4.69) is 0 Å². The highest BCUT2D eigenvalue weighted by molar-refractivity contribution is 7.89. The number of carboxylic acids is 1. The smallest absolute Gasteiger partial charge is 0.337 e. The number of halogens is 1. The van der Waals surface area contributed by atoms with Crippen LogP contribution in [0.15, 0.2) is 23.1 Å². The summed E-state index contributed by atoms with van der Waals surface area (Å²) in [6, 6.07) is 3.86. The highest BCUT2D eigenvalue weighted by Gasteiger charge is 2.23. The first kappa shape index (κ1) is 13.0. The first-order valence-corrected chi connectivity index (χ1v) is 6.04. The highest BCUT2D eigenvalue weighted by Crippen LogP contribution is 2.26. The minimum Gasteiger partial charge on any atom is -0.478 e. The van der Waals surface area contributed by atoms with Gasteiger partial charge in [0.25, 0.3) is 0 Å². The third-order valence-corrected chi connectivity index (χ3v) is 4.33. The number of sulfonamides is 1. The summed E-state index contributed by atoms with van der Waals surface area (Å²) < 4.78 is 24.5. The second kappa shape index (κ2) is 4.40. The van der Waals surface area contributed by atoms with Crippen molar-refractivity contribution in [2.24, 2.45) is 0 Å². The first-order chi connectivity index (χ1) is 7.28. The van der Waals surface area contributed by atoms with Crippen LogP contribution in [0.2, 0.25) is 5.02 Å². The molecular weight excluding hydrogens is 254 g/mol. The third-order valence-electron chi connectivity index (χ3n) is 1.95. The predicted octanol–water partition coefficient (Wildman–Crippen LogP) is 1.29. The average molecular weight is 264 g/mol. The van der Waals surface area contributed by atoms with Crippen molar-refractivity contribution in [2.75, 3.05) is 14.1 Å². The van der Waals surface area contributed by atoms with E-state index in [1.54, 1.807) is 0 Å². The number of carbonyl (C=O) groups is 1. The van der Waals surface area contributed by atoms with Crippen molar-refractivity contribution >= 4 is 27.6 Å². The molecule has 0 bridgehead atoms. The summed E-state index contributed by atoms with van der Waals surface area (Å²) in [4.78, 5) is 10.6. The van der Waals surface area contributed by atoms with Crippen molar-refractivity contribution in [3.05, 3.63) is 28.8 Å². The Bertz CT molecular complexity index is 524. The van der Waals surface area contributed by atoms with Crippen LogP contribution in [0.4, 0.5) is 0 Å². The lowest BCUT2D eigenvalue weighted by molar-refractivity contribution is 0.0697. The molecule has 5 nitrogen and oxygen atoms in total. The van der Waals surface area contributed by atoms with Gasteiger partial charge in [0, 0.05) is 14.1 Å². The Morgan fingerprint density at radius 2 is 1.94 bits per heavy atom. The number of benzene rings is 1. The van der Waals surface area contributed by atoms with Gasteiger partial charge in [0.15, 0.2) is 0 Å². The van der Waals surface area contributed by atoms with Crippen LogP contribution in [-0.2, 0) is 10.0 Å². The lowest BCUT2D eigenvalue weighted by Gasteiger charge is -2.13. The molecule has 16 heavy (non-hydrogen) atoms. The van der Waals surface area contributed by atoms with Gasteiger partial charge in [-0.1, -0.05) is 17.7 Å². The molecule has 0 unspecified atom stereocenters. The second-order valence-electron chi connectivity index (χ2n) is 3.21. The van der Waals surface area contributed by atoms with Crippen LogP contribution in [0.1, 0.15) is 10.4 Å². The van der Waals surface area contributed by atoms with Gasteiger partial charge >= 0.3 is 5.97 Å². The Morgan fingerprint density at radius 3 is 2.38 bits per heavy atom. The van der Waals surface area contributed by atoms with E-state index < -0.39 is 16.0 Å². The molecule has 0 heterocycles. The van der Waals surface area contributed by atoms with Crippen molar-refractivity contribution in [2.45, 2.75) is 4.90 Å². The number of hydrogen-bond acceptors (Lipinski definition) is 3. The molecule has 0 aliphatic heterocycles. The molecule has 0 aromatic heterocycles. The molecule has 1 aromatic rings. The topological polar surface area (TPSA) is 74.7 Å². The molecule has 0 amide bonds. The molecule has 0 saturated carbocycles. The molecular formula is C9H10ClNO4S. The predicted molar refractivity (Wildman–Crippen MR) is 59.3 cm³/mol. The minimum absolute atomic E-state index is 0.209. The largest absolute Gasteiger partial charge is 0.478 e. The fourth-order valence-corrected chi connectivity index (χ4v) is 2.55. The number of carboxylic acid groups (broad SMARTS) is 1. The van der Waals surface area contributed by atoms with E-state index in [4.69, 9.17) is 16.7 Å². The summed E-state index contributed by atoms with van der Waals surface area (Å²) in [5, 5.41) is 8.53. The Kier molecular flexibility index (Phi) is 3.57. The van der Waals surface area contributed by atoms with E-state index in [9.17, 15) is 13.2 Å². The molecule has 0 fully saturated rings. The summed E-state index contributed by atoms with van der Waals surface area (Å²) in [7, 11) is -1.03. The molecule has 0 spiro atoms. The van der Waals surface area contributed by atoms with E-state index in [1.165, 1.54) is 32.3 Å². The van der Waals surface area contributed by atoms with Gasteiger partial charge in [-0.05, 0) is 12.1 Å². The van der Waals surface area contributed by atoms with Gasteiger partial charge in [-0.15, -0.1) is 0 Å². The standard InChI is InChI=1S/C9H10ClNO4S/c1-11(2)16(14,15)7-5-3-4-6(8(7)10)9(12)13/h3-5H,1-2H3,(H,12,13). The molecule has 0 saturated heterocycles. The summed E-state index contributed by atoms with van der Waals surface area (Å²) in [6.45, 7) is 0. The maximum Gasteiger partial charge on any atom is 0.337 e. The first-order valence-electron chi connectivity index (χ1n) is 4.23. The lowest BCUT2D eigenvalue weighted by Crippen LogP contribution is -2.23. The summed E-state index contributed by atoms with van der Waals surface area (Å²) in [6.07, 6.45) is 0. The van der Waals surface area contributed by atoms with Crippen LogP contribution in [0, 0.1) is 0 Å². The molecule has 0 aliphatic rings. The van der Waals surface area contributed by atoms with Gasteiger partial charge in [0.05, 0.1) is 10.6 Å². The Hall–Kier alpha value is -1.11. The van der Waals surface area contributed by atoms with Crippen LogP contribution < -0.4 is 0 Å². The SMILES string of the molecule is CN(C)S(=O)(=O)c1cccc(C(=O)O)c1Cl. The van der Waals surface area contributed by atoms with Gasteiger partial charge in [0.2, 0.25) is 10.0 Å². The maximum atomic E-state index is 11.8. The number of rotatable bonds is 3. The van der Waals surface area contributed by atoms with Gasteiger partial charge in [-0.25, -0.2) is 17.5 Å². The van der Waals surface area contributed by atoms with Crippen molar-refractivity contribution < 1.29 is 18.3 Å². The quantitative estimate of drug-likeness (QED) is 0.892. The Labute approximate surface area is 98.3 Å². The van der Waals surface area contributed by atoms with Gasteiger partial charge in [-0.2, -0.15) is 0 Å². The zero-order valence-electron chi connectivity index (χ0n) is 8.64. The van der Waals surface area contributed by atoms with Crippen LogP contribution in [-0.4, -0.2) is 37.9 Å². The van der Waals surface area contributed by atoms with E-state index in [1.807, 2.05) is 0 Å². The molecule has 7 heteroatoms. The molecule has 0 atom stereocenters. The van der Waals surface area contributed by atoms with Crippen LogP contribution in [0.3, 0.4) is 0 Å². The number of aromatic carboxylic acids is 1. The fourth-order valence-electron chi connectivity index (χ4n) is 1.07. The molecule has 0 radical (unpaired) electrons. The maximum absolute atomic E-state index is 11.8. The number of nitrogens with zero attached hydrogens (tertiary/aromatic N) is 1. The normalized spacial score (nSPS) is 11.8. The lowest BCUT2D eigenvalue weighted by atomic mass is 10.2. The second-order valence-corrected chi connectivity index (χ2v) is 5.71. The van der Waals surface area contributed by atoms with Gasteiger partial charge in [0.1, 0.15) is 4.90 Å². The van der Waals surface area contributed by atoms with Crippen LogP contribution in [0.25, 0.3) is 0 Å². The molecule has 1 N–H and O–H groups in total. The summed E-state index contributed by atoms with van der Waals surface area (Å²) >= 11 is 5.75. The zero-order valence-corrected chi connectivity index (χ0v) is 10.2. The zero-order chi connectivity index (χ0) is 12.5. The van der Waals surface area contributed by atoms with Gasteiger partial charge < -0.3 is 5.11 Å². The molecule has 1 rings (SSSR count). The fraction of sp³-hybridized carbons (Fsp3) is 0.222. The van der Waals surface area contributed by atoms with E-state index in [0.29, 0.717) is 0 Å². The van der Waals surface area contributed by atoms with E-state index in [-0.39, 0.29) is 15.5 Å². The van der Waals surface area contributed by atoms with Crippen molar-refractivity contribution in [1.29, 1.82) is 0 Å². The number of hydrogen-bond donors (Lipinski definition) is 1. The van der Waals surface area contributed by atoms with E-state index in [0.717, 1.165) is 4.31 Å². The van der Waals surface area contributed by atoms with Gasteiger partial charge in [-0.3, -0.25) is 0 Å². The molecule has 1 aromatic carbocycles. The molecule has 88 valence electrons. The highest BCUT2D eigenvalue weighted by atomic mass is 35.5. The molecule has 0 aliphatic carbocycles. The van der Waals surface area contributed by atoms with Crippen LogP contribution in [0.5, 0.6) is 0 Å². The minimum atomic E-state index is -3.73. The average Bonchev–Trinajstić information content (AvgIpc) is 2.16. The van der Waals surface area contributed by atoms with Crippen molar-refractivity contribution in [3.8, 4) is 0 Å². The summed E-state index contributed by atoms with van der Waals surface area (Å²) in [5.41, 5.74) is -0.232. The van der Waals surface area contributed by atoms with Crippen molar-refractivity contribution in [1.82, 2.24) is 4.31 Å². The van der Waals surface area contributed by atoms with E-state index >= 15 is 0 Å². The van der Waals surface area contributed by atoms with Crippen LogP contribution >= 0.6 is 11.6 Å².